The number of esters is 1. The number of pyridine rings is 1. The molecule has 1 aliphatic rings. The van der Waals surface area contributed by atoms with Crippen molar-refractivity contribution in [3.63, 3.8) is 0 Å². The van der Waals surface area contributed by atoms with Gasteiger partial charge in [-0.1, -0.05) is 11.6 Å². The van der Waals surface area contributed by atoms with Gasteiger partial charge in [-0.05, 0) is 25.7 Å². The summed E-state index contributed by atoms with van der Waals surface area (Å²) < 4.78 is 10.4. The Hall–Kier alpha value is -1.89. The topological polar surface area (TPSA) is 91.6 Å². The maximum atomic E-state index is 11.4. The minimum absolute atomic E-state index is 0.00625. The van der Waals surface area contributed by atoms with Gasteiger partial charge < -0.3 is 9.47 Å². The first kappa shape index (κ1) is 15.5. The van der Waals surface area contributed by atoms with E-state index in [1.54, 1.807) is 0 Å². The first-order valence-corrected chi connectivity index (χ1v) is 6.93. The molecule has 0 radical (unpaired) electrons. The second-order valence-corrected chi connectivity index (χ2v) is 5.25. The van der Waals surface area contributed by atoms with Gasteiger partial charge in [0.1, 0.15) is 17.3 Å². The number of hydrogen-bond acceptors (Lipinski definition) is 6. The minimum atomic E-state index is -0.597. The van der Waals surface area contributed by atoms with E-state index in [0.717, 1.165) is 6.20 Å². The summed E-state index contributed by atoms with van der Waals surface area (Å²) in [5, 5.41) is 10.6. The van der Waals surface area contributed by atoms with E-state index >= 15 is 0 Å². The second kappa shape index (κ2) is 6.71. The zero-order valence-electron chi connectivity index (χ0n) is 11.5. The lowest BCUT2D eigenvalue weighted by atomic mass is 9.87. The van der Waals surface area contributed by atoms with E-state index in [4.69, 9.17) is 21.1 Å². The smallest absolute Gasteiger partial charge is 0.308 e. The van der Waals surface area contributed by atoms with Crippen LogP contribution in [0.4, 0.5) is 5.69 Å². The van der Waals surface area contributed by atoms with Crippen LogP contribution in [0.3, 0.4) is 0 Å². The Kier molecular flexibility index (Phi) is 4.95. The van der Waals surface area contributed by atoms with Crippen molar-refractivity contribution in [2.75, 3.05) is 7.11 Å². The SMILES string of the molecule is COC(=O)[C@H]1CC[C@H](Oc2cc(Cl)c([N+](=O)[O-])cn2)CC1. The molecule has 1 aromatic rings. The first-order valence-electron chi connectivity index (χ1n) is 6.55. The number of hydrogen-bond donors (Lipinski definition) is 0. The predicted octanol–water partition coefficient (Wildman–Crippen LogP) is 2.75. The molecule has 0 atom stereocenters. The fourth-order valence-electron chi connectivity index (χ4n) is 2.36. The number of halogens is 1. The Balaban J connectivity index is 1.93. The van der Waals surface area contributed by atoms with Gasteiger partial charge in [0.15, 0.2) is 0 Å². The summed E-state index contributed by atoms with van der Waals surface area (Å²) >= 11 is 5.80. The van der Waals surface area contributed by atoms with Crippen LogP contribution in [-0.4, -0.2) is 29.1 Å². The van der Waals surface area contributed by atoms with Gasteiger partial charge in [-0.2, -0.15) is 0 Å². The van der Waals surface area contributed by atoms with Crippen LogP contribution in [0.1, 0.15) is 25.7 Å². The molecule has 1 aromatic heterocycles. The lowest BCUT2D eigenvalue weighted by Crippen LogP contribution is -2.28. The van der Waals surface area contributed by atoms with Gasteiger partial charge >= 0.3 is 11.7 Å². The molecule has 0 aromatic carbocycles. The van der Waals surface area contributed by atoms with Crippen LogP contribution >= 0.6 is 11.6 Å². The Labute approximate surface area is 126 Å². The molecule has 0 saturated heterocycles. The number of ether oxygens (including phenoxy) is 2. The number of rotatable bonds is 4. The predicted molar refractivity (Wildman–Crippen MR) is 74.3 cm³/mol. The molecule has 114 valence electrons. The molecule has 21 heavy (non-hydrogen) atoms. The summed E-state index contributed by atoms with van der Waals surface area (Å²) in [5.74, 6) is -0.0136. The van der Waals surface area contributed by atoms with Crippen molar-refractivity contribution in [2.45, 2.75) is 31.8 Å². The molecule has 7 nitrogen and oxygen atoms in total. The third-order valence-corrected chi connectivity index (χ3v) is 3.80. The van der Waals surface area contributed by atoms with Crippen molar-refractivity contribution in [2.24, 2.45) is 5.92 Å². The lowest BCUT2D eigenvalue weighted by molar-refractivity contribution is -0.385. The molecule has 0 unspecified atom stereocenters. The second-order valence-electron chi connectivity index (χ2n) is 4.85. The average molecular weight is 315 g/mol. The minimum Gasteiger partial charge on any atom is -0.474 e. The monoisotopic (exact) mass is 314 g/mol. The number of carbonyl (C=O) groups is 1. The zero-order chi connectivity index (χ0) is 15.4. The van der Waals surface area contributed by atoms with E-state index in [9.17, 15) is 14.9 Å². The van der Waals surface area contributed by atoms with E-state index in [1.807, 2.05) is 0 Å². The van der Waals surface area contributed by atoms with Crippen LogP contribution in [-0.2, 0) is 9.53 Å². The number of carbonyl (C=O) groups excluding carboxylic acids is 1. The third-order valence-electron chi connectivity index (χ3n) is 3.50. The maximum absolute atomic E-state index is 11.4. The molecule has 1 fully saturated rings. The highest BCUT2D eigenvalue weighted by molar-refractivity contribution is 6.32. The van der Waals surface area contributed by atoms with Crippen LogP contribution in [0, 0.1) is 16.0 Å². The summed E-state index contributed by atoms with van der Waals surface area (Å²) in [6.07, 6.45) is 3.80. The normalized spacial score (nSPS) is 21.6. The maximum Gasteiger partial charge on any atom is 0.308 e. The Morgan fingerprint density at radius 1 is 1.43 bits per heavy atom. The summed E-state index contributed by atoms with van der Waals surface area (Å²) in [7, 11) is 1.38. The van der Waals surface area contributed by atoms with E-state index in [0.29, 0.717) is 25.7 Å². The fourth-order valence-corrected chi connectivity index (χ4v) is 2.57. The number of nitro groups is 1. The highest BCUT2D eigenvalue weighted by Crippen LogP contribution is 2.30. The number of nitrogens with zero attached hydrogens (tertiary/aromatic N) is 2. The molecule has 1 saturated carbocycles. The molecule has 0 N–H and O–H groups in total. The zero-order valence-corrected chi connectivity index (χ0v) is 12.2. The Morgan fingerprint density at radius 3 is 2.62 bits per heavy atom. The van der Waals surface area contributed by atoms with E-state index in [1.165, 1.54) is 13.2 Å². The average Bonchev–Trinajstić information content (AvgIpc) is 2.47. The molecular weight excluding hydrogens is 300 g/mol. The lowest BCUT2D eigenvalue weighted by Gasteiger charge is -2.27. The molecule has 1 heterocycles. The van der Waals surface area contributed by atoms with Crippen molar-refractivity contribution in [1.29, 1.82) is 0 Å². The molecule has 8 heteroatoms. The van der Waals surface area contributed by atoms with Crippen molar-refractivity contribution in [3.8, 4) is 5.88 Å². The van der Waals surface area contributed by atoms with Gasteiger partial charge in [-0.3, -0.25) is 14.9 Å². The summed E-state index contributed by atoms with van der Waals surface area (Å²) in [5.41, 5.74) is -0.251. The molecule has 2 rings (SSSR count). The first-order chi connectivity index (χ1) is 10.0. The molecule has 0 bridgehead atoms. The van der Waals surface area contributed by atoms with E-state index < -0.39 is 4.92 Å². The van der Waals surface area contributed by atoms with Gasteiger partial charge in [-0.25, -0.2) is 4.98 Å². The van der Waals surface area contributed by atoms with Crippen molar-refractivity contribution in [3.05, 3.63) is 27.4 Å². The number of methoxy groups -OCH3 is 1. The van der Waals surface area contributed by atoms with Crippen molar-refractivity contribution in [1.82, 2.24) is 4.98 Å². The largest absolute Gasteiger partial charge is 0.474 e. The Morgan fingerprint density at radius 2 is 2.10 bits per heavy atom. The van der Waals surface area contributed by atoms with Gasteiger partial charge in [0, 0.05) is 6.07 Å². The van der Waals surface area contributed by atoms with Gasteiger partial charge in [0.05, 0.1) is 18.0 Å². The van der Waals surface area contributed by atoms with Crippen LogP contribution < -0.4 is 4.74 Å². The van der Waals surface area contributed by atoms with Gasteiger partial charge in [0.25, 0.3) is 0 Å². The van der Waals surface area contributed by atoms with Crippen LogP contribution in [0.5, 0.6) is 5.88 Å². The van der Waals surface area contributed by atoms with E-state index in [-0.39, 0.29) is 34.6 Å². The molecule has 0 spiro atoms. The highest BCUT2D eigenvalue weighted by atomic mass is 35.5. The summed E-state index contributed by atoms with van der Waals surface area (Å²) in [4.78, 5) is 25.4. The van der Waals surface area contributed by atoms with Crippen molar-refractivity contribution >= 4 is 23.3 Å². The quantitative estimate of drug-likeness (QED) is 0.482. The van der Waals surface area contributed by atoms with E-state index in [2.05, 4.69) is 4.98 Å². The van der Waals surface area contributed by atoms with Gasteiger partial charge in [0.2, 0.25) is 5.88 Å². The van der Waals surface area contributed by atoms with Crippen LogP contribution in [0.25, 0.3) is 0 Å². The van der Waals surface area contributed by atoms with Crippen LogP contribution in [0.2, 0.25) is 5.02 Å². The molecular formula is C13H15ClN2O5. The fraction of sp³-hybridized carbons (Fsp3) is 0.538. The summed E-state index contributed by atoms with van der Waals surface area (Å²) in [6, 6.07) is 1.34. The highest BCUT2D eigenvalue weighted by Gasteiger charge is 2.28. The molecule has 0 aliphatic heterocycles. The molecule has 0 amide bonds. The summed E-state index contributed by atoms with van der Waals surface area (Å²) in [6.45, 7) is 0. The molecule has 1 aliphatic carbocycles. The van der Waals surface area contributed by atoms with Crippen molar-refractivity contribution < 1.29 is 19.2 Å². The number of aromatic nitrogens is 1. The standard InChI is InChI=1S/C13H15ClN2O5/c1-20-13(17)8-2-4-9(5-3-8)21-12-6-10(14)11(7-15-12)16(18)19/h6-9H,2-5H2,1H3/t8-,9-. The Bertz CT molecular complexity index is 543. The van der Waals surface area contributed by atoms with Gasteiger partial charge in [-0.15, -0.1) is 0 Å². The van der Waals surface area contributed by atoms with Crippen LogP contribution in [0.15, 0.2) is 12.3 Å². The third kappa shape index (κ3) is 3.81.